The highest BCUT2D eigenvalue weighted by Crippen LogP contribution is 2.29. The molecular formula is C33H37N5O. The van der Waals surface area contributed by atoms with Crippen LogP contribution >= 0.6 is 0 Å². The Labute approximate surface area is 231 Å². The number of aromatic nitrogens is 2. The van der Waals surface area contributed by atoms with E-state index in [1.165, 1.54) is 22.5 Å². The summed E-state index contributed by atoms with van der Waals surface area (Å²) in [5.41, 5.74) is 6.15. The van der Waals surface area contributed by atoms with Gasteiger partial charge in [0.2, 0.25) is 5.91 Å². The second-order valence-corrected chi connectivity index (χ2v) is 10.1. The van der Waals surface area contributed by atoms with Gasteiger partial charge in [-0.2, -0.15) is 0 Å². The average Bonchev–Trinajstić information content (AvgIpc) is 3.33. The average molecular weight is 520 g/mol. The maximum absolute atomic E-state index is 12.2. The molecule has 0 atom stereocenters. The first-order valence-electron chi connectivity index (χ1n) is 13.7. The van der Waals surface area contributed by atoms with Crippen molar-refractivity contribution in [2.24, 2.45) is 7.05 Å². The lowest BCUT2D eigenvalue weighted by Crippen LogP contribution is -2.47. The van der Waals surface area contributed by atoms with E-state index in [2.05, 4.69) is 105 Å². The van der Waals surface area contributed by atoms with Gasteiger partial charge in [0.05, 0.1) is 6.04 Å². The van der Waals surface area contributed by atoms with E-state index in [1.54, 1.807) is 24.5 Å². The number of carbonyl (C=O) groups excluding carboxylic acids is 1. The number of hydrogen-bond donors (Lipinski definition) is 1. The Morgan fingerprint density at radius 2 is 1.54 bits per heavy atom. The van der Waals surface area contributed by atoms with Crippen LogP contribution in [0.1, 0.15) is 34.1 Å². The zero-order valence-electron chi connectivity index (χ0n) is 22.6. The standard InChI is InChI=1S/C33H37N5O/c1-36-30(18-20-35-32(39)17-14-27-9-8-19-34-25-27)15-16-31(36)26-37-21-23-38(24-22-37)33(28-10-4-2-5-11-28)29-12-6-3-7-13-29/h2-17,19,25,33H,18,20-24,26H2,1H3,(H,35,39). The number of nitrogens with one attached hydrogen (secondary N) is 1. The van der Waals surface area contributed by atoms with Gasteiger partial charge in [0, 0.05) is 82.6 Å². The molecule has 1 aliphatic heterocycles. The number of pyridine rings is 1. The van der Waals surface area contributed by atoms with E-state index in [4.69, 9.17) is 0 Å². The van der Waals surface area contributed by atoms with Crippen molar-refractivity contribution >= 4 is 12.0 Å². The Morgan fingerprint density at radius 3 is 2.18 bits per heavy atom. The lowest BCUT2D eigenvalue weighted by Gasteiger charge is -2.39. The third-order valence-electron chi connectivity index (χ3n) is 7.51. The predicted octanol–water partition coefficient (Wildman–Crippen LogP) is 4.70. The molecule has 0 spiro atoms. The predicted molar refractivity (Wildman–Crippen MR) is 157 cm³/mol. The Balaban J connectivity index is 1.12. The van der Waals surface area contributed by atoms with Crippen molar-refractivity contribution in [2.75, 3.05) is 32.7 Å². The number of rotatable bonds is 10. The van der Waals surface area contributed by atoms with Crippen molar-refractivity contribution in [3.63, 3.8) is 0 Å². The Bertz CT molecular complexity index is 1300. The number of piperazine rings is 1. The smallest absolute Gasteiger partial charge is 0.244 e. The van der Waals surface area contributed by atoms with Gasteiger partial charge >= 0.3 is 0 Å². The molecule has 1 fully saturated rings. The molecule has 200 valence electrons. The van der Waals surface area contributed by atoms with Gasteiger partial charge in [0.25, 0.3) is 0 Å². The SMILES string of the molecule is Cn1c(CCNC(=O)C=Cc2cccnc2)ccc1CN1CCN(C(c2ccccc2)c2ccccc2)CC1. The van der Waals surface area contributed by atoms with E-state index in [0.29, 0.717) is 6.54 Å². The maximum atomic E-state index is 12.2. The molecule has 4 aromatic rings. The van der Waals surface area contributed by atoms with Crippen molar-refractivity contribution in [1.82, 2.24) is 24.7 Å². The molecule has 6 heteroatoms. The second-order valence-electron chi connectivity index (χ2n) is 10.1. The van der Waals surface area contributed by atoms with Crippen LogP contribution < -0.4 is 5.32 Å². The molecule has 2 aromatic carbocycles. The van der Waals surface area contributed by atoms with Crippen molar-refractivity contribution < 1.29 is 4.79 Å². The molecule has 6 nitrogen and oxygen atoms in total. The summed E-state index contributed by atoms with van der Waals surface area (Å²) in [6.45, 7) is 5.68. The highest BCUT2D eigenvalue weighted by Gasteiger charge is 2.26. The summed E-state index contributed by atoms with van der Waals surface area (Å²) in [5, 5.41) is 2.99. The van der Waals surface area contributed by atoms with Crippen molar-refractivity contribution in [3.05, 3.63) is 131 Å². The maximum Gasteiger partial charge on any atom is 0.244 e. The first-order valence-corrected chi connectivity index (χ1v) is 13.7. The van der Waals surface area contributed by atoms with Gasteiger partial charge in [-0.25, -0.2) is 0 Å². The highest BCUT2D eigenvalue weighted by molar-refractivity contribution is 5.91. The topological polar surface area (TPSA) is 53.4 Å². The van der Waals surface area contributed by atoms with E-state index >= 15 is 0 Å². The minimum Gasteiger partial charge on any atom is -0.352 e. The van der Waals surface area contributed by atoms with Gasteiger partial charge in [-0.15, -0.1) is 0 Å². The normalized spacial score (nSPS) is 14.7. The van der Waals surface area contributed by atoms with Crippen LogP contribution in [0.25, 0.3) is 6.08 Å². The fourth-order valence-electron chi connectivity index (χ4n) is 5.32. The molecule has 0 bridgehead atoms. The fourth-order valence-corrected chi connectivity index (χ4v) is 5.32. The van der Waals surface area contributed by atoms with Crippen LogP contribution in [0.15, 0.2) is 103 Å². The fraction of sp³-hybridized carbons (Fsp3) is 0.273. The molecular weight excluding hydrogens is 482 g/mol. The highest BCUT2D eigenvalue weighted by atomic mass is 16.1. The second kappa shape index (κ2) is 13.2. The summed E-state index contributed by atoms with van der Waals surface area (Å²) < 4.78 is 2.28. The number of hydrogen-bond acceptors (Lipinski definition) is 4. The van der Waals surface area contributed by atoms with E-state index in [9.17, 15) is 4.79 Å². The molecule has 1 N–H and O–H groups in total. The van der Waals surface area contributed by atoms with Gasteiger partial charge in [-0.05, 0) is 41.0 Å². The third kappa shape index (κ3) is 7.11. The Hall–Kier alpha value is -4.00. The van der Waals surface area contributed by atoms with Crippen LogP contribution in [0.4, 0.5) is 0 Å². The van der Waals surface area contributed by atoms with Crippen LogP contribution in [-0.2, 0) is 24.8 Å². The molecule has 0 radical (unpaired) electrons. The molecule has 1 saturated heterocycles. The van der Waals surface area contributed by atoms with E-state index < -0.39 is 0 Å². The van der Waals surface area contributed by atoms with Crippen molar-refractivity contribution in [2.45, 2.75) is 19.0 Å². The summed E-state index contributed by atoms with van der Waals surface area (Å²) in [6, 6.07) is 30.2. The molecule has 0 saturated carbocycles. The summed E-state index contributed by atoms with van der Waals surface area (Å²) >= 11 is 0. The van der Waals surface area contributed by atoms with Crippen LogP contribution in [0.5, 0.6) is 0 Å². The van der Waals surface area contributed by atoms with Gasteiger partial charge < -0.3 is 9.88 Å². The van der Waals surface area contributed by atoms with Crippen LogP contribution in [0, 0.1) is 0 Å². The van der Waals surface area contributed by atoms with Gasteiger partial charge in [-0.3, -0.25) is 19.6 Å². The molecule has 39 heavy (non-hydrogen) atoms. The Kier molecular flexibility index (Phi) is 8.99. The minimum atomic E-state index is -0.0875. The Morgan fingerprint density at radius 1 is 0.872 bits per heavy atom. The van der Waals surface area contributed by atoms with Crippen molar-refractivity contribution in [1.29, 1.82) is 0 Å². The molecule has 1 amide bonds. The molecule has 0 unspecified atom stereocenters. The molecule has 5 rings (SSSR count). The zero-order chi connectivity index (χ0) is 26.9. The molecule has 1 aliphatic rings. The zero-order valence-corrected chi connectivity index (χ0v) is 22.6. The number of amides is 1. The lowest BCUT2D eigenvalue weighted by atomic mass is 9.96. The van der Waals surface area contributed by atoms with Crippen LogP contribution in [0.3, 0.4) is 0 Å². The summed E-state index contributed by atoms with van der Waals surface area (Å²) in [4.78, 5) is 21.4. The van der Waals surface area contributed by atoms with Gasteiger partial charge in [-0.1, -0.05) is 66.7 Å². The monoisotopic (exact) mass is 519 g/mol. The first kappa shape index (κ1) is 26.6. The lowest BCUT2D eigenvalue weighted by molar-refractivity contribution is -0.116. The number of carbonyl (C=O) groups is 1. The van der Waals surface area contributed by atoms with Gasteiger partial charge in [0.1, 0.15) is 0 Å². The first-order chi connectivity index (χ1) is 19.2. The largest absolute Gasteiger partial charge is 0.352 e. The van der Waals surface area contributed by atoms with Crippen molar-refractivity contribution in [3.8, 4) is 0 Å². The molecule has 0 aliphatic carbocycles. The minimum absolute atomic E-state index is 0.0875. The quantitative estimate of drug-likeness (QED) is 0.309. The molecule has 2 aromatic heterocycles. The number of benzene rings is 2. The van der Waals surface area contributed by atoms with E-state index in [-0.39, 0.29) is 11.9 Å². The van der Waals surface area contributed by atoms with Crippen LogP contribution in [-0.4, -0.2) is 58.0 Å². The third-order valence-corrected chi connectivity index (χ3v) is 7.51. The summed E-state index contributed by atoms with van der Waals surface area (Å²) in [5.74, 6) is -0.0875. The van der Waals surface area contributed by atoms with Crippen LogP contribution in [0.2, 0.25) is 0 Å². The molecule has 3 heterocycles. The van der Waals surface area contributed by atoms with Gasteiger partial charge in [0.15, 0.2) is 0 Å². The van der Waals surface area contributed by atoms with E-state index in [1.807, 2.05) is 12.1 Å². The summed E-state index contributed by atoms with van der Waals surface area (Å²) in [6.07, 6.45) is 7.60. The number of nitrogens with zero attached hydrogens (tertiary/aromatic N) is 4. The van der Waals surface area contributed by atoms with E-state index in [0.717, 1.165) is 44.7 Å². The summed E-state index contributed by atoms with van der Waals surface area (Å²) in [7, 11) is 2.13.